The zero-order valence-electron chi connectivity index (χ0n) is 20.2. The molecule has 38 heavy (non-hydrogen) atoms. The van der Waals surface area contributed by atoms with E-state index in [1.54, 1.807) is 36.7 Å². The molecule has 1 aliphatic rings. The monoisotopic (exact) mass is 545 g/mol. The summed E-state index contributed by atoms with van der Waals surface area (Å²) in [5.41, 5.74) is 0.894. The number of alkyl halides is 3. The van der Waals surface area contributed by atoms with Crippen molar-refractivity contribution >= 4 is 28.9 Å². The van der Waals surface area contributed by atoms with Crippen molar-refractivity contribution in [3.8, 4) is 27.8 Å². The number of hydrogen-bond donors (Lipinski definition) is 2. The number of nitrogens with zero attached hydrogens (tertiary/aromatic N) is 6. The number of aromatic nitrogens is 5. The Hall–Kier alpha value is -4.04. The second-order valence-corrected chi connectivity index (χ2v) is 9.57. The predicted octanol–water partition coefficient (Wildman–Crippen LogP) is 3.83. The van der Waals surface area contributed by atoms with Gasteiger partial charge in [-0.05, 0) is 17.7 Å². The number of nitrogens with one attached hydrogen (secondary N) is 1. The Morgan fingerprint density at radius 3 is 2.76 bits per heavy atom. The zero-order valence-corrected chi connectivity index (χ0v) is 21.0. The van der Waals surface area contributed by atoms with E-state index in [2.05, 4.69) is 25.4 Å². The normalized spacial score (nSPS) is 17.7. The van der Waals surface area contributed by atoms with Crippen molar-refractivity contribution in [2.75, 3.05) is 26.0 Å². The van der Waals surface area contributed by atoms with E-state index in [9.17, 15) is 23.1 Å². The van der Waals surface area contributed by atoms with E-state index in [0.29, 0.717) is 34.9 Å². The highest BCUT2D eigenvalue weighted by atomic mass is 32.1. The molecule has 1 atom stereocenters. The third-order valence-electron chi connectivity index (χ3n) is 6.03. The summed E-state index contributed by atoms with van der Waals surface area (Å²) in [6, 6.07) is 8.76. The number of thiazole rings is 1. The van der Waals surface area contributed by atoms with Crippen molar-refractivity contribution in [1.29, 1.82) is 0 Å². The van der Waals surface area contributed by atoms with Gasteiger partial charge in [0.1, 0.15) is 22.9 Å². The molecule has 1 aliphatic heterocycles. The zero-order chi connectivity index (χ0) is 27.1. The lowest BCUT2D eigenvalue weighted by Crippen LogP contribution is -2.36. The summed E-state index contributed by atoms with van der Waals surface area (Å²) in [4.78, 5) is 27.2. The fourth-order valence-corrected chi connectivity index (χ4v) is 4.95. The number of benzene rings is 1. The van der Waals surface area contributed by atoms with E-state index in [1.807, 2.05) is 6.07 Å². The molecule has 0 bridgehead atoms. The topological polar surface area (TPSA) is 118 Å². The first-order chi connectivity index (χ1) is 18.1. The number of halogens is 3. The van der Waals surface area contributed by atoms with Crippen LogP contribution in [0, 0.1) is 0 Å². The van der Waals surface area contributed by atoms with Crippen LogP contribution in [-0.4, -0.2) is 67.5 Å². The Morgan fingerprint density at radius 2 is 2.05 bits per heavy atom. The molecule has 4 heterocycles. The molecule has 10 nitrogen and oxygen atoms in total. The molecule has 1 fully saturated rings. The van der Waals surface area contributed by atoms with Gasteiger partial charge >= 0.3 is 6.18 Å². The first-order valence-corrected chi connectivity index (χ1v) is 12.3. The van der Waals surface area contributed by atoms with E-state index in [4.69, 9.17) is 4.74 Å². The van der Waals surface area contributed by atoms with Gasteiger partial charge in [-0.25, -0.2) is 15.0 Å². The Labute approximate surface area is 218 Å². The quantitative estimate of drug-likeness (QED) is 0.360. The Balaban J connectivity index is 1.38. The highest BCUT2D eigenvalue weighted by Crippen LogP contribution is 2.36. The van der Waals surface area contributed by atoms with E-state index in [0.717, 1.165) is 16.4 Å². The fraction of sp³-hybridized carbons (Fsp3) is 0.292. The second kappa shape index (κ2) is 9.68. The van der Waals surface area contributed by atoms with Gasteiger partial charge in [0.25, 0.3) is 11.8 Å². The summed E-state index contributed by atoms with van der Waals surface area (Å²) >= 11 is 1.36. The molecule has 1 saturated heterocycles. The molecule has 0 radical (unpaired) electrons. The van der Waals surface area contributed by atoms with Gasteiger partial charge in [0.05, 0.1) is 19.0 Å². The molecule has 4 aromatic rings. The Bertz CT molecular complexity index is 1490. The highest BCUT2D eigenvalue weighted by molar-refractivity contribution is 7.13. The summed E-state index contributed by atoms with van der Waals surface area (Å²) in [5, 5.41) is 20.1. The van der Waals surface area contributed by atoms with Crippen molar-refractivity contribution in [3.05, 3.63) is 53.7 Å². The van der Waals surface area contributed by atoms with Crippen LogP contribution in [0.25, 0.3) is 22.0 Å². The molecule has 5 rings (SSSR count). The third kappa shape index (κ3) is 5.04. The van der Waals surface area contributed by atoms with Crippen LogP contribution in [0.1, 0.15) is 12.0 Å². The SMILES string of the molecule is COc1nn(CC(F)(F)F)cc1Nc1nccc(-c2csc(-c3cccc(C4(O)CCN(C)C4=O)c3)n2)n1. The van der Waals surface area contributed by atoms with E-state index in [-0.39, 0.29) is 23.4 Å². The number of likely N-dealkylation sites (tertiary alicyclic amines) is 1. The lowest BCUT2D eigenvalue weighted by Gasteiger charge is -2.21. The predicted molar refractivity (Wildman–Crippen MR) is 133 cm³/mol. The van der Waals surface area contributed by atoms with Crippen molar-refractivity contribution < 1.29 is 27.8 Å². The van der Waals surface area contributed by atoms with Gasteiger partial charge in [-0.1, -0.05) is 18.2 Å². The Morgan fingerprint density at radius 1 is 1.24 bits per heavy atom. The van der Waals surface area contributed by atoms with Gasteiger partial charge in [0, 0.05) is 37.2 Å². The van der Waals surface area contributed by atoms with Crippen molar-refractivity contribution in [2.24, 2.45) is 0 Å². The summed E-state index contributed by atoms with van der Waals surface area (Å²) in [5.74, 6) is -0.251. The number of carbonyl (C=O) groups excluding carboxylic acids is 1. The van der Waals surface area contributed by atoms with Crippen LogP contribution in [0.15, 0.2) is 48.1 Å². The van der Waals surface area contributed by atoms with Gasteiger partial charge in [0.2, 0.25) is 5.95 Å². The third-order valence-corrected chi connectivity index (χ3v) is 6.92. The van der Waals surface area contributed by atoms with Gasteiger partial charge < -0.3 is 20.1 Å². The minimum atomic E-state index is -4.44. The number of amides is 1. The van der Waals surface area contributed by atoms with Crippen LogP contribution in [0.3, 0.4) is 0 Å². The first-order valence-electron chi connectivity index (χ1n) is 11.4. The number of methoxy groups -OCH3 is 1. The maximum Gasteiger partial charge on any atom is 0.408 e. The lowest BCUT2D eigenvalue weighted by molar-refractivity contribution is -0.143. The van der Waals surface area contributed by atoms with E-state index in [1.165, 1.54) is 29.5 Å². The second-order valence-electron chi connectivity index (χ2n) is 8.71. The van der Waals surface area contributed by atoms with Crippen LogP contribution < -0.4 is 10.1 Å². The fourth-order valence-electron chi connectivity index (χ4n) is 4.14. The smallest absolute Gasteiger partial charge is 0.408 e. The molecule has 198 valence electrons. The summed E-state index contributed by atoms with van der Waals surface area (Å²) in [6.07, 6.45) is -1.47. The van der Waals surface area contributed by atoms with Gasteiger partial charge in [-0.3, -0.25) is 9.48 Å². The van der Waals surface area contributed by atoms with Crippen LogP contribution in [-0.2, 0) is 16.9 Å². The molecule has 1 amide bonds. The van der Waals surface area contributed by atoms with Gasteiger partial charge in [-0.15, -0.1) is 16.4 Å². The maximum atomic E-state index is 12.7. The maximum absolute atomic E-state index is 12.7. The highest BCUT2D eigenvalue weighted by Gasteiger charge is 2.45. The van der Waals surface area contributed by atoms with Crippen LogP contribution in [0.5, 0.6) is 5.88 Å². The molecule has 0 spiro atoms. The lowest BCUT2D eigenvalue weighted by atomic mass is 9.91. The summed E-state index contributed by atoms with van der Waals surface area (Å²) in [6.45, 7) is -0.795. The first kappa shape index (κ1) is 25.6. The number of anilines is 2. The minimum Gasteiger partial charge on any atom is -0.478 e. The van der Waals surface area contributed by atoms with Crippen LogP contribution in [0.2, 0.25) is 0 Å². The van der Waals surface area contributed by atoms with Crippen LogP contribution >= 0.6 is 11.3 Å². The van der Waals surface area contributed by atoms with Crippen molar-refractivity contribution in [1.82, 2.24) is 29.6 Å². The minimum absolute atomic E-state index is 0.0346. The number of ether oxygens (including phenoxy) is 1. The number of likely N-dealkylation sites (N-methyl/N-ethyl adjacent to an activating group) is 1. The number of carbonyl (C=O) groups is 1. The average molecular weight is 546 g/mol. The molecule has 1 aromatic carbocycles. The molecule has 14 heteroatoms. The largest absolute Gasteiger partial charge is 0.478 e. The molecular weight excluding hydrogens is 523 g/mol. The van der Waals surface area contributed by atoms with Gasteiger partial charge in [-0.2, -0.15) is 13.2 Å². The summed E-state index contributed by atoms with van der Waals surface area (Å²) < 4.78 is 44.0. The van der Waals surface area contributed by atoms with Gasteiger partial charge in [0.15, 0.2) is 5.60 Å². The van der Waals surface area contributed by atoms with Crippen molar-refractivity contribution in [2.45, 2.75) is 24.7 Å². The molecule has 3 aromatic heterocycles. The standard InChI is InChI=1S/C24H22F3N7O3S/c1-33-9-7-23(36,21(33)35)15-5-3-4-14(10-15)20-29-18(12-38-20)16-6-8-28-22(30-16)31-17-11-34(13-24(25,26)27)32-19(17)37-2/h3-6,8,10-12,36H,7,9,13H2,1-2H3,(H,28,30,31). The number of hydrogen-bond acceptors (Lipinski definition) is 9. The molecular formula is C24H22F3N7O3S. The summed E-state index contributed by atoms with van der Waals surface area (Å²) in [7, 11) is 2.96. The van der Waals surface area contributed by atoms with E-state index < -0.39 is 18.3 Å². The molecule has 2 N–H and O–H groups in total. The number of aliphatic hydroxyl groups is 1. The molecule has 1 unspecified atom stereocenters. The van der Waals surface area contributed by atoms with Crippen molar-refractivity contribution in [3.63, 3.8) is 0 Å². The van der Waals surface area contributed by atoms with E-state index >= 15 is 0 Å². The molecule has 0 saturated carbocycles. The Kier molecular flexibility index (Phi) is 6.53. The van der Waals surface area contributed by atoms with Crippen LogP contribution in [0.4, 0.5) is 24.8 Å². The molecule has 0 aliphatic carbocycles. The number of rotatable bonds is 7. The average Bonchev–Trinajstić information content (AvgIpc) is 3.59.